The molecule has 0 aromatic heterocycles. The molecule has 316 valence electrons. The molecule has 0 saturated heterocycles. The maximum atomic E-state index is 9.07. The molecule has 0 spiro atoms. The topological polar surface area (TPSA) is 36.9 Å². The van der Waals surface area contributed by atoms with Gasteiger partial charge in [-0.3, -0.25) is 0 Å². The van der Waals surface area contributed by atoms with E-state index in [0.29, 0.717) is 12.2 Å². The summed E-state index contributed by atoms with van der Waals surface area (Å²) in [7, 11) is -4.83. The first-order valence-electron chi connectivity index (χ1n) is 26.0. The first-order chi connectivity index (χ1) is 27.2. The van der Waals surface area contributed by atoms with Gasteiger partial charge in [0, 0.05) is 0 Å². The van der Waals surface area contributed by atoms with Crippen molar-refractivity contribution in [3.63, 3.8) is 0 Å². The van der Waals surface area contributed by atoms with Crippen molar-refractivity contribution in [2.24, 2.45) is 0 Å². The molecule has 0 aromatic rings. The summed E-state index contributed by atoms with van der Waals surface area (Å²) < 4.78 is 34.6. The monoisotopic (exact) mass is 833 g/mol. The van der Waals surface area contributed by atoms with Crippen molar-refractivity contribution in [1.82, 2.24) is 0 Å². The molecule has 7 heteroatoms. The third-order valence-electron chi connectivity index (χ3n) is 17.8. The van der Waals surface area contributed by atoms with Crippen molar-refractivity contribution in [2.45, 2.75) is 302 Å². The van der Waals surface area contributed by atoms with Crippen LogP contribution in [0, 0.1) is 0 Å². The molecule has 0 heterocycles. The van der Waals surface area contributed by atoms with Crippen LogP contribution in [0.15, 0.2) is 0 Å². The van der Waals surface area contributed by atoms with Gasteiger partial charge in [0.1, 0.15) is 0 Å². The predicted octanol–water partition coefficient (Wildman–Crippen LogP) is 16.4. The zero-order valence-electron chi connectivity index (χ0n) is 36.0. The van der Waals surface area contributed by atoms with Gasteiger partial charge in [-0.1, -0.05) is 0 Å². The van der Waals surface area contributed by atoms with Crippen molar-refractivity contribution in [1.29, 1.82) is 0 Å². The molecule has 8 aliphatic rings. The average molecular weight is 833 g/mol. The molecule has 0 amide bonds. The molecule has 0 aromatic carbocycles. The Bertz CT molecular complexity index is 914. The van der Waals surface area contributed by atoms with Crippen molar-refractivity contribution in [2.75, 3.05) is 0 Å². The van der Waals surface area contributed by atoms with Gasteiger partial charge in [0.25, 0.3) is 0 Å². The summed E-state index contributed by atoms with van der Waals surface area (Å²) >= 11 is -4.44. The van der Waals surface area contributed by atoms with Gasteiger partial charge in [-0.15, -0.1) is 0 Å². The first kappa shape index (κ1) is 42.7. The quantitative estimate of drug-likeness (QED) is 0.163. The van der Waals surface area contributed by atoms with Crippen LogP contribution in [-0.4, -0.2) is 28.8 Å². The van der Waals surface area contributed by atoms with Crippen LogP contribution in [0.3, 0.4) is 0 Å². The number of hydrogen-bond donors (Lipinski definition) is 0. The fourth-order valence-corrected chi connectivity index (χ4v) is 41.6. The van der Waals surface area contributed by atoms with Crippen LogP contribution in [-0.2, 0) is 30.8 Å². The number of rotatable bonds is 14. The van der Waals surface area contributed by atoms with E-state index in [1.807, 2.05) is 0 Å². The second-order valence-electron chi connectivity index (χ2n) is 21.2. The Kier molecular flexibility index (Phi) is 16.4. The van der Waals surface area contributed by atoms with Crippen LogP contribution in [0.1, 0.15) is 257 Å². The zero-order valence-corrected chi connectivity index (χ0v) is 39.6. The molecule has 4 nitrogen and oxygen atoms in total. The Hall–Kier alpha value is 0.988. The molecular formula is C48H88O4Si2Ti. The minimum atomic E-state index is -4.44. The summed E-state index contributed by atoms with van der Waals surface area (Å²) in [5.74, 6) is 0. The fraction of sp³-hybridized carbons (Fsp3) is 1.00. The van der Waals surface area contributed by atoms with Gasteiger partial charge in [0.05, 0.1) is 0 Å². The summed E-state index contributed by atoms with van der Waals surface area (Å²) in [4.78, 5) is 0. The van der Waals surface area contributed by atoms with Gasteiger partial charge in [0.15, 0.2) is 0 Å². The SMILES string of the molecule is C1CCC([O][Ti]([O]C2CCCCC2)([O][Si](C2CCCCC2)(C2CCCCC2)C2CCCCC2)[O][Si](C2CCCCC2)(C2CCCCC2)C2CCCCC2)CC1. The molecular weight excluding hydrogens is 745 g/mol. The molecule has 0 unspecified atom stereocenters. The van der Waals surface area contributed by atoms with Crippen molar-refractivity contribution < 1.29 is 30.8 Å². The normalized spacial score (nSPS) is 28.8. The number of hydrogen-bond acceptors (Lipinski definition) is 4. The second-order valence-corrected chi connectivity index (χ2v) is 34.1. The molecule has 8 fully saturated rings. The van der Waals surface area contributed by atoms with E-state index >= 15 is 0 Å². The third kappa shape index (κ3) is 10.2. The molecule has 8 rings (SSSR count). The van der Waals surface area contributed by atoms with Crippen LogP contribution in [0.4, 0.5) is 0 Å². The van der Waals surface area contributed by atoms with Crippen molar-refractivity contribution in [3.8, 4) is 0 Å². The van der Waals surface area contributed by atoms with E-state index in [0.717, 1.165) is 33.2 Å². The summed E-state index contributed by atoms with van der Waals surface area (Å²) in [6.07, 6.45) is 56.5. The molecule has 8 saturated carbocycles. The van der Waals surface area contributed by atoms with Gasteiger partial charge >= 0.3 is 350 Å². The average Bonchev–Trinajstić information content (AvgIpc) is 3.27. The van der Waals surface area contributed by atoms with E-state index in [1.165, 1.54) is 257 Å². The van der Waals surface area contributed by atoms with Gasteiger partial charge in [-0.25, -0.2) is 0 Å². The summed E-state index contributed by atoms with van der Waals surface area (Å²) in [6, 6.07) is 0. The Labute approximate surface area is 347 Å². The second kappa shape index (κ2) is 21.2. The maximum absolute atomic E-state index is 9.07. The Morgan fingerprint density at radius 2 is 0.418 bits per heavy atom. The summed E-state index contributed by atoms with van der Waals surface area (Å²) in [5, 5.41) is 0. The van der Waals surface area contributed by atoms with Crippen LogP contribution in [0.25, 0.3) is 0 Å². The predicted molar refractivity (Wildman–Crippen MR) is 231 cm³/mol. The molecule has 0 atom stereocenters. The van der Waals surface area contributed by atoms with Crippen LogP contribution < -0.4 is 0 Å². The van der Waals surface area contributed by atoms with Crippen LogP contribution >= 0.6 is 0 Å². The van der Waals surface area contributed by atoms with E-state index in [9.17, 15) is 0 Å². The molecule has 0 N–H and O–H groups in total. The zero-order chi connectivity index (χ0) is 37.2. The molecule has 55 heavy (non-hydrogen) atoms. The van der Waals surface area contributed by atoms with Gasteiger partial charge in [-0.2, -0.15) is 0 Å². The van der Waals surface area contributed by atoms with E-state index < -0.39 is 34.8 Å². The van der Waals surface area contributed by atoms with Gasteiger partial charge in [0.2, 0.25) is 0 Å². The van der Waals surface area contributed by atoms with Crippen molar-refractivity contribution in [3.05, 3.63) is 0 Å². The van der Waals surface area contributed by atoms with Gasteiger partial charge < -0.3 is 0 Å². The molecule has 0 bridgehead atoms. The van der Waals surface area contributed by atoms with E-state index in [2.05, 4.69) is 0 Å². The first-order valence-corrected chi connectivity index (χ1v) is 32.8. The molecule has 0 radical (unpaired) electrons. The van der Waals surface area contributed by atoms with E-state index in [-0.39, 0.29) is 0 Å². The standard InChI is InChI=1S/2C18H33OSi.2C6H11O.Ti/c2*19-20(16-10-4-1-5-11-16,17-12-6-2-7-13-17)18-14-8-3-9-15-18;2*7-6-4-2-1-3-5-6;/h2*16-18H,1-15H2;2*6H,1-5H2;/q4*-1;+4. The van der Waals surface area contributed by atoms with Crippen LogP contribution in [0.5, 0.6) is 0 Å². The van der Waals surface area contributed by atoms with Crippen LogP contribution in [0.2, 0.25) is 33.2 Å². The Balaban J connectivity index is 1.31. The fourth-order valence-electron chi connectivity index (χ4n) is 15.2. The third-order valence-corrected chi connectivity index (χ3v) is 37.7. The molecule has 0 aliphatic heterocycles. The van der Waals surface area contributed by atoms with Crippen molar-refractivity contribution >= 4 is 16.6 Å². The van der Waals surface area contributed by atoms with E-state index in [1.54, 1.807) is 0 Å². The summed E-state index contributed by atoms with van der Waals surface area (Å²) in [6.45, 7) is 0. The molecule has 8 aliphatic carbocycles. The Morgan fingerprint density at radius 3 is 0.618 bits per heavy atom. The van der Waals surface area contributed by atoms with Gasteiger partial charge in [-0.05, 0) is 0 Å². The summed E-state index contributed by atoms with van der Waals surface area (Å²) in [5.41, 5.74) is 4.76. The van der Waals surface area contributed by atoms with E-state index in [4.69, 9.17) is 12.7 Å². The minimum absolute atomic E-state index is 0.295. The Morgan fingerprint density at radius 1 is 0.236 bits per heavy atom.